The summed E-state index contributed by atoms with van der Waals surface area (Å²) in [7, 11) is 0. The summed E-state index contributed by atoms with van der Waals surface area (Å²) in [5.41, 5.74) is 0.191. The van der Waals surface area contributed by atoms with E-state index in [0.29, 0.717) is 0 Å². The summed E-state index contributed by atoms with van der Waals surface area (Å²) in [6.45, 7) is 3.58. The Morgan fingerprint density at radius 3 is 2.53 bits per heavy atom. The molecule has 0 unspecified atom stereocenters. The number of aromatic hydroxyl groups is 1. The topological polar surface area (TPSA) is 40.5 Å². The molecule has 0 aliphatic heterocycles. The first-order valence-electron chi connectivity index (χ1n) is 5.16. The molecule has 0 amide bonds. The number of hydrogen-bond acceptors (Lipinski definition) is 2. The van der Waals surface area contributed by atoms with E-state index in [2.05, 4.69) is 0 Å². The Morgan fingerprint density at radius 2 is 1.93 bits per heavy atom. The van der Waals surface area contributed by atoms with Crippen molar-refractivity contribution in [2.45, 2.75) is 32.3 Å². The number of rotatable bonds is 4. The normalized spacial score (nSPS) is 12.2. The van der Waals surface area contributed by atoms with Gasteiger partial charge < -0.3 is 10.2 Å². The van der Waals surface area contributed by atoms with Crippen LogP contribution in [0.4, 0.5) is 0 Å². The minimum absolute atomic E-state index is 0.289. The zero-order valence-electron chi connectivity index (χ0n) is 9.27. The Balaban J connectivity index is 2.49. The summed E-state index contributed by atoms with van der Waals surface area (Å²) < 4.78 is 0. The van der Waals surface area contributed by atoms with E-state index in [1.165, 1.54) is 0 Å². The van der Waals surface area contributed by atoms with Crippen LogP contribution in [0.2, 0.25) is 0 Å². The van der Waals surface area contributed by atoms with Crippen molar-refractivity contribution in [1.82, 2.24) is 0 Å². The lowest BCUT2D eigenvalue weighted by molar-refractivity contribution is 0.0722. The third kappa shape index (κ3) is 4.66. The van der Waals surface area contributed by atoms with Gasteiger partial charge in [0.25, 0.3) is 0 Å². The molecule has 0 heterocycles. The van der Waals surface area contributed by atoms with Crippen molar-refractivity contribution < 1.29 is 10.2 Å². The zero-order valence-corrected chi connectivity index (χ0v) is 9.27. The van der Waals surface area contributed by atoms with Gasteiger partial charge in [-0.25, -0.2) is 0 Å². The lowest BCUT2D eigenvalue weighted by Gasteiger charge is -2.14. The van der Waals surface area contributed by atoms with Crippen molar-refractivity contribution >= 4 is 6.08 Å². The second kappa shape index (κ2) is 4.99. The van der Waals surface area contributed by atoms with E-state index >= 15 is 0 Å². The van der Waals surface area contributed by atoms with Crippen molar-refractivity contribution in [2.75, 3.05) is 0 Å². The first-order chi connectivity index (χ1) is 6.99. The smallest absolute Gasteiger partial charge is 0.122 e. The van der Waals surface area contributed by atoms with Crippen molar-refractivity contribution in [3.63, 3.8) is 0 Å². The van der Waals surface area contributed by atoms with Gasteiger partial charge in [0.15, 0.2) is 0 Å². The minimum atomic E-state index is -0.622. The highest BCUT2D eigenvalue weighted by molar-refractivity contribution is 5.56. The molecular formula is C13H18O2. The monoisotopic (exact) mass is 206 g/mol. The fraction of sp³-hybridized carbons (Fsp3) is 0.385. The molecule has 1 rings (SSSR count). The van der Waals surface area contributed by atoms with Gasteiger partial charge in [-0.3, -0.25) is 0 Å². The summed E-state index contributed by atoms with van der Waals surface area (Å²) in [5, 5.41) is 19.0. The second-order valence-electron chi connectivity index (χ2n) is 4.31. The number of phenolic OH excluding ortho intramolecular Hbond substituents is 1. The van der Waals surface area contributed by atoms with Crippen LogP contribution in [0.3, 0.4) is 0 Å². The number of phenols is 1. The Labute approximate surface area is 90.9 Å². The third-order valence-corrected chi connectivity index (χ3v) is 2.16. The molecule has 0 radical (unpaired) electrons. The van der Waals surface area contributed by atoms with Gasteiger partial charge in [-0.15, -0.1) is 0 Å². The largest absolute Gasteiger partial charge is 0.507 e. The molecule has 0 saturated carbocycles. The van der Waals surface area contributed by atoms with Crippen molar-refractivity contribution in [3.05, 3.63) is 35.9 Å². The zero-order chi connectivity index (χ0) is 11.3. The van der Waals surface area contributed by atoms with Crippen molar-refractivity contribution in [3.8, 4) is 5.75 Å². The summed E-state index contributed by atoms with van der Waals surface area (Å²) in [5.74, 6) is 0.289. The van der Waals surface area contributed by atoms with Gasteiger partial charge in [0, 0.05) is 5.56 Å². The molecule has 0 fully saturated rings. The predicted molar refractivity (Wildman–Crippen MR) is 62.7 cm³/mol. The van der Waals surface area contributed by atoms with Crippen molar-refractivity contribution in [2.24, 2.45) is 0 Å². The average Bonchev–Trinajstić information content (AvgIpc) is 2.13. The molecule has 82 valence electrons. The molecular weight excluding hydrogens is 188 g/mol. The molecule has 0 aromatic heterocycles. The van der Waals surface area contributed by atoms with E-state index in [-0.39, 0.29) is 5.75 Å². The highest BCUT2D eigenvalue weighted by Crippen LogP contribution is 2.18. The maximum absolute atomic E-state index is 9.49. The number of allylic oxidation sites excluding steroid dienone is 1. The Morgan fingerprint density at radius 1 is 1.27 bits per heavy atom. The van der Waals surface area contributed by atoms with E-state index < -0.39 is 5.60 Å². The lowest BCUT2D eigenvalue weighted by Crippen LogP contribution is -2.17. The van der Waals surface area contributed by atoms with Crippen LogP contribution in [-0.2, 0) is 0 Å². The van der Waals surface area contributed by atoms with Gasteiger partial charge in [-0.1, -0.05) is 30.4 Å². The highest BCUT2D eigenvalue weighted by atomic mass is 16.3. The fourth-order valence-electron chi connectivity index (χ4n) is 1.28. The Kier molecular flexibility index (Phi) is 3.92. The molecule has 2 nitrogen and oxygen atoms in total. The number of hydrogen-bond donors (Lipinski definition) is 2. The summed E-state index contributed by atoms with van der Waals surface area (Å²) in [4.78, 5) is 0. The van der Waals surface area contributed by atoms with Gasteiger partial charge in [-0.2, -0.15) is 0 Å². The number of para-hydroxylation sites is 1. The molecule has 0 bridgehead atoms. The van der Waals surface area contributed by atoms with Gasteiger partial charge >= 0.3 is 0 Å². The molecule has 2 N–H and O–H groups in total. The summed E-state index contributed by atoms with van der Waals surface area (Å²) in [6.07, 6.45) is 5.36. The van der Waals surface area contributed by atoms with Crippen LogP contribution in [0.25, 0.3) is 6.08 Å². The molecule has 0 saturated heterocycles. The second-order valence-corrected chi connectivity index (χ2v) is 4.31. The van der Waals surface area contributed by atoms with Crippen LogP contribution < -0.4 is 0 Å². The first kappa shape index (κ1) is 11.8. The number of benzene rings is 1. The maximum Gasteiger partial charge on any atom is 0.122 e. The van der Waals surface area contributed by atoms with Crippen LogP contribution in [-0.4, -0.2) is 15.8 Å². The molecule has 0 spiro atoms. The molecule has 2 heteroatoms. The summed E-state index contributed by atoms with van der Waals surface area (Å²) in [6, 6.07) is 7.20. The highest BCUT2D eigenvalue weighted by Gasteiger charge is 2.09. The van der Waals surface area contributed by atoms with E-state index in [9.17, 15) is 10.2 Å². The predicted octanol–water partition coefficient (Wildman–Crippen LogP) is 2.96. The first-order valence-corrected chi connectivity index (χ1v) is 5.16. The SMILES string of the molecule is CC(C)(O)CC/C=C/c1ccccc1O. The summed E-state index contributed by atoms with van der Waals surface area (Å²) >= 11 is 0. The van der Waals surface area contributed by atoms with E-state index in [4.69, 9.17) is 0 Å². The molecule has 0 atom stereocenters. The standard InChI is InChI=1S/C13H18O2/c1-13(2,15)10-6-5-8-11-7-3-4-9-12(11)14/h3-5,7-9,14-15H,6,10H2,1-2H3/b8-5+. The Hall–Kier alpha value is -1.28. The average molecular weight is 206 g/mol. The third-order valence-electron chi connectivity index (χ3n) is 2.16. The van der Waals surface area contributed by atoms with Crippen LogP contribution in [0, 0.1) is 0 Å². The Bertz CT molecular complexity index is 335. The van der Waals surface area contributed by atoms with Gasteiger partial charge in [-0.05, 0) is 32.8 Å². The lowest BCUT2D eigenvalue weighted by atomic mass is 10.0. The molecule has 0 aliphatic rings. The molecule has 0 aliphatic carbocycles. The number of aliphatic hydroxyl groups is 1. The van der Waals surface area contributed by atoms with Gasteiger partial charge in [0.2, 0.25) is 0 Å². The van der Waals surface area contributed by atoms with Crippen LogP contribution in [0.5, 0.6) is 5.75 Å². The van der Waals surface area contributed by atoms with E-state index in [1.807, 2.05) is 24.3 Å². The van der Waals surface area contributed by atoms with E-state index in [0.717, 1.165) is 18.4 Å². The van der Waals surface area contributed by atoms with Crippen LogP contribution in [0.1, 0.15) is 32.3 Å². The molecule has 15 heavy (non-hydrogen) atoms. The van der Waals surface area contributed by atoms with E-state index in [1.54, 1.807) is 26.0 Å². The maximum atomic E-state index is 9.49. The molecule has 1 aromatic rings. The van der Waals surface area contributed by atoms with Gasteiger partial charge in [0.05, 0.1) is 5.60 Å². The van der Waals surface area contributed by atoms with Crippen molar-refractivity contribution in [1.29, 1.82) is 0 Å². The van der Waals surface area contributed by atoms with Gasteiger partial charge in [0.1, 0.15) is 5.75 Å². The quantitative estimate of drug-likeness (QED) is 0.795. The van der Waals surface area contributed by atoms with Crippen LogP contribution >= 0.6 is 0 Å². The minimum Gasteiger partial charge on any atom is -0.507 e. The molecule has 1 aromatic carbocycles. The van der Waals surface area contributed by atoms with Crippen LogP contribution in [0.15, 0.2) is 30.3 Å². The fourth-order valence-corrected chi connectivity index (χ4v) is 1.28.